The third kappa shape index (κ3) is 7.36. The first-order chi connectivity index (χ1) is 31.8. The molecule has 0 radical (unpaired) electrons. The Morgan fingerprint density at radius 2 is 0.594 bits per heavy atom. The third-order valence-corrected chi connectivity index (χ3v) is 11.9. The molecule has 0 aliphatic heterocycles. The maximum atomic E-state index is 5.23. The average Bonchev–Trinajstić information content (AvgIpc) is 3.39. The van der Waals surface area contributed by atoms with Crippen molar-refractivity contribution in [2.75, 3.05) is 0 Å². The Balaban J connectivity index is 1.21. The van der Waals surface area contributed by atoms with Crippen molar-refractivity contribution in [1.82, 2.24) is 15.0 Å². The van der Waals surface area contributed by atoms with E-state index in [4.69, 9.17) is 15.0 Å². The molecule has 0 atom stereocenters. The first-order valence-electron chi connectivity index (χ1n) is 21.7. The van der Waals surface area contributed by atoms with Crippen molar-refractivity contribution in [2.45, 2.75) is 0 Å². The normalized spacial score (nSPS) is 11.1. The molecule has 10 aromatic carbocycles. The van der Waals surface area contributed by atoms with Gasteiger partial charge in [-0.15, -0.1) is 0 Å². The molecule has 11 rings (SSSR count). The van der Waals surface area contributed by atoms with E-state index in [0.717, 1.165) is 66.4 Å². The minimum atomic E-state index is 0.619. The predicted octanol–water partition coefficient (Wildman–Crippen LogP) is 16.0. The van der Waals surface area contributed by atoms with Crippen LogP contribution in [0, 0.1) is 0 Å². The predicted molar refractivity (Wildman–Crippen MR) is 266 cm³/mol. The van der Waals surface area contributed by atoms with Gasteiger partial charge < -0.3 is 0 Å². The van der Waals surface area contributed by atoms with Gasteiger partial charge >= 0.3 is 0 Å². The average molecular weight is 816 g/mol. The zero-order valence-corrected chi connectivity index (χ0v) is 35.0. The van der Waals surface area contributed by atoms with Crippen LogP contribution in [0.4, 0.5) is 0 Å². The second kappa shape index (κ2) is 17.1. The quantitative estimate of drug-likeness (QED) is 0.146. The number of rotatable bonds is 9. The summed E-state index contributed by atoms with van der Waals surface area (Å²) in [6, 6.07) is 88.1. The van der Waals surface area contributed by atoms with Crippen molar-refractivity contribution in [3.63, 3.8) is 0 Å². The molecule has 0 spiro atoms. The number of fused-ring (bicyclic) bond motifs is 1. The lowest BCUT2D eigenvalue weighted by Gasteiger charge is -2.25. The van der Waals surface area contributed by atoms with Crippen molar-refractivity contribution >= 4 is 10.8 Å². The molecule has 0 unspecified atom stereocenters. The summed E-state index contributed by atoms with van der Waals surface area (Å²) < 4.78 is 0. The van der Waals surface area contributed by atoms with Crippen LogP contribution < -0.4 is 0 Å². The van der Waals surface area contributed by atoms with Crippen LogP contribution in [0.3, 0.4) is 0 Å². The summed E-state index contributed by atoms with van der Waals surface area (Å²) in [6.07, 6.45) is 0. The van der Waals surface area contributed by atoms with Crippen molar-refractivity contribution in [2.24, 2.45) is 0 Å². The lowest BCUT2D eigenvalue weighted by Crippen LogP contribution is -2.01. The zero-order valence-electron chi connectivity index (χ0n) is 35.0. The minimum Gasteiger partial charge on any atom is -0.208 e. The fraction of sp³-hybridized carbons (Fsp3) is 0. The van der Waals surface area contributed by atoms with E-state index < -0.39 is 0 Å². The van der Waals surface area contributed by atoms with Crippen LogP contribution in [0.25, 0.3) is 112 Å². The molecular formula is C61H41N3. The summed E-state index contributed by atoms with van der Waals surface area (Å²) in [5.74, 6) is 1.88. The first kappa shape index (κ1) is 38.4. The van der Waals surface area contributed by atoms with Gasteiger partial charge in [-0.2, -0.15) is 0 Å². The van der Waals surface area contributed by atoms with Crippen LogP contribution >= 0.6 is 0 Å². The zero-order chi connectivity index (χ0) is 42.7. The maximum absolute atomic E-state index is 5.23. The number of aromatic nitrogens is 3. The highest BCUT2D eigenvalue weighted by Gasteiger charge is 2.25. The molecule has 3 heteroatoms. The second-order valence-corrected chi connectivity index (χ2v) is 15.9. The monoisotopic (exact) mass is 815 g/mol. The van der Waals surface area contributed by atoms with Crippen LogP contribution in [0.15, 0.2) is 249 Å². The molecule has 0 aliphatic rings. The Hall–Kier alpha value is -8.53. The first-order valence-corrected chi connectivity index (χ1v) is 21.7. The largest absolute Gasteiger partial charge is 0.208 e. The van der Waals surface area contributed by atoms with E-state index in [1.165, 1.54) is 27.8 Å². The molecule has 0 amide bonds. The van der Waals surface area contributed by atoms with E-state index in [-0.39, 0.29) is 0 Å². The summed E-state index contributed by atoms with van der Waals surface area (Å²) in [4.78, 5) is 15.5. The molecule has 0 fully saturated rings. The molecular weight excluding hydrogens is 775 g/mol. The van der Waals surface area contributed by atoms with Gasteiger partial charge in [0.15, 0.2) is 17.5 Å². The fourth-order valence-electron chi connectivity index (χ4n) is 9.00. The number of hydrogen-bond donors (Lipinski definition) is 0. The number of nitrogens with zero attached hydrogens (tertiary/aromatic N) is 3. The Kier molecular flexibility index (Phi) is 10.3. The molecule has 3 nitrogen and oxygen atoms in total. The van der Waals surface area contributed by atoms with E-state index >= 15 is 0 Å². The van der Waals surface area contributed by atoms with Crippen molar-refractivity contribution in [1.29, 1.82) is 0 Å². The van der Waals surface area contributed by atoms with E-state index in [0.29, 0.717) is 17.5 Å². The van der Waals surface area contributed by atoms with Crippen molar-refractivity contribution < 1.29 is 0 Å². The van der Waals surface area contributed by atoms with Crippen LogP contribution in [-0.2, 0) is 0 Å². The van der Waals surface area contributed by atoms with Gasteiger partial charge in [0.1, 0.15) is 0 Å². The van der Waals surface area contributed by atoms with Gasteiger partial charge in [-0.05, 0) is 90.2 Å². The fourth-order valence-corrected chi connectivity index (χ4v) is 9.00. The minimum absolute atomic E-state index is 0.619. The summed E-state index contributed by atoms with van der Waals surface area (Å²) in [5.41, 5.74) is 16.6. The molecule has 0 N–H and O–H groups in total. The van der Waals surface area contributed by atoms with E-state index in [2.05, 4.69) is 212 Å². The molecule has 0 saturated heterocycles. The lowest BCUT2D eigenvalue weighted by molar-refractivity contribution is 1.07. The van der Waals surface area contributed by atoms with Crippen LogP contribution in [0.1, 0.15) is 0 Å². The Bertz CT molecular complexity index is 3330. The van der Waals surface area contributed by atoms with Gasteiger partial charge in [0.05, 0.1) is 0 Å². The van der Waals surface area contributed by atoms with E-state index in [1.807, 2.05) is 36.4 Å². The van der Waals surface area contributed by atoms with Crippen molar-refractivity contribution in [3.8, 4) is 101 Å². The van der Waals surface area contributed by atoms with Gasteiger partial charge in [0.25, 0.3) is 0 Å². The molecule has 0 saturated carbocycles. The Labute approximate surface area is 373 Å². The summed E-state index contributed by atoms with van der Waals surface area (Å²) in [6.45, 7) is 0. The molecule has 1 heterocycles. The summed E-state index contributed by atoms with van der Waals surface area (Å²) in [5, 5.41) is 2.26. The Morgan fingerprint density at radius 1 is 0.203 bits per heavy atom. The lowest BCUT2D eigenvalue weighted by atomic mass is 9.78. The van der Waals surface area contributed by atoms with Gasteiger partial charge in [0.2, 0.25) is 0 Å². The molecule has 11 aromatic rings. The van der Waals surface area contributed by atoms with Crippen LogP contribution in [-0.4, -0.2) is 15.0 Å². The van der Waals surface area contributed by atoms with Gasteiger partial charge in [-0.25, -0.2) is 15.0 Å². The van der Waals surface area contributed by atoms with E-state index in [9.17, 15) is 0 Å². The number of hydrogen-bond acceptors (Lipinski definition) is 3. The molecule has 0 bridgehead atoms. The maximum Gasteiger partial charge on any atom is 0.164 e. The highest BCUT2D eigenvalue weighted by atomic mass is 15.0. The summed E-state index contributed by atoms with van der Waals surface area (Å²) in [7, 11) is 0. The third-order valence-electron chi connectivity index (χ3n) is 11.9. The van der Waals surface area contributed by atoms with Gasteiger partial charge in [-0.1, -0.05) is 231 Å². The molecule has 300 valence electrons. The topological polar surface area (TPSA) is 38.7 Å². The van der Waals surface area contributed by atoms with Crippen LogP contribution in [0.5, 0.6) is 0 Å². The smallest absolute Gasteiger partial charge is 0.164 e. The number of benzene rings is 10. The second-order valence-electron chi connectivity index (χ2n) is 15.9. The molecule has 64 heavy (non-hydrogen) atoms. The van der Waals surface area contributed by atoms with Gasteiger partial charge in [-0.3, -0.25) is 0 Å². The highest BCUT2D eigenvalue weighted by Crippen LogP contribution is 2.51. The SMILES string of the molecule is c1ccc(-c2nc(-c3ccccc3)nc(-c3ccc4ccccc4c3-c3cccc(-c4cc(-c5ccccc5)c(-c5ccccc5)c(-c5ccccc5)c4-c4ccccc4)c3)n2)cc1. The molecule has 1 aromatic heterocycles. The standard InChI is InChI=1S/C61H41N3/c1-7-22-42(23-8-1)53-41-54(57(45-27-11-3-12-28-45)58(46-29-13-4-14-30-46)56(53)44-25-9-2-10-26-44)49-35-21-36-50(40-49)55-51-37-20-19-24-43(51)38-39-52(55)61-63-59(47-31-15-5-16-32-47)62-60(64-61)48-33-17-6-18-34-48/h1-41H. The highest BCUT2D eigenvalue weighted by molar-refractivity contribution is 6.09. The Morgan fingerprint density at radius 3 is 1.12 bits per heavy atom. The summed E-state index contributed by atoms with van der Waals surface area (Å²) >= 11 is 0. The van der Waals surface area contributed by atoms with Gasteiger partial charge in [0, 0.05) is 22.3 Å². The van der Waals surface area contributed by atoms with Crippen molar-refractivity contribution in [3.05, 3.63) is 249 Å². The van der Waals surface area contributed by atoms with E-state index in [1.54, 1.807) is 0 Å². The van der Waals surface area contributed by atoms with Crippen LogP contribution in [0.2, 0.25) is 0 Å². The molecule has 0 aliphatic carbocycles.